The molecule has 0 N–H and O–H groups in total. The number of nitrogens with zero attached hydrogens (tertiary/aromatic N) is 6. The van der Waals surface area contributed by atoms with Gasteiger partial charge in [0.15, 0.2) is 5.82 Å². The first kappa shape index (κ1) is 22.7. The van der Waals surface area contributed by atoms with E-state index in [4.69, 9.17) is 11.6 Å². The average molecular weight is 507 g/mol. The second-order valence-corrected chi connectivity index (χ2v) is 10.5. The zero-order valence-electron chi connectivity index (χ0n) is 19.0. The lowest BCUT2D eigenvalue weighted by Crippen LogP contribution is -2.62. The van der Waals surface area contributed by atoms with Crippen LogP contribution in [0.3, 0.4) is 0 Å². The van der Waals surface area contributed by atoms with E-state index in [1.807, 2.05) is 16.7 Å². The number of alkyl halides is 3. The predicted molar refractivity (Wildman–Crippen MR) is 122 cm³/mol. The van der Waals surface area contributed by atoms with E-state index in [-0.39, 0.29) is 24.4 Å². The van der Waals surface area contributed by atoms with Gasteiger partial charge >= 0.3 is 6.18 Å². The van der Waals surface area contributed by atoms with Gasteiger partial charge in [0.1, 0.15) is 11.6 Å². The van der Waals surface area contributed by atoms with Crippen LogP contribution in [-0.2, 0) is 13.1 Å². The smallest absolute Gasteiger partial charge is 0.355 e. The molecule has 1 aliphatic carbocycles. The molecule has 3 aliphatic rings. The first-order valence-corrected chi connectivity index (χ1v) is 11.9. The summed E-state index contributed by atoms with van der Waals surface area (Å²) in [6.45, 7) is 2.43. The Labute approximate surface area is 204 Å². The van der Waals surface area contributed by atoms with Gasteiger partial charge in [-0.2, -0.15) is 17.6 Å². The number of aryl methyl sites for hydroxylation is 1. The molecule has 3 aromatic rings. The van der Waals surface area contributed by atoms with Gasteiger partial charge in [-0.15, -0.1) is 10.2 Å². The third-order valence-corrected chi connectivity index (χ3v) is 7.56. The van der Waals surface area contributed by atoms with E-state index in [9.17, 15) is 17.6 Å². The molecule has 4 heterocycles. The van der Waals surface area contributed by atoms with Crippen LogP contribution in [0, 0.1) is 18.3 Å². The molecule has 2 aromatic heterocycles. The summed E-state index contributed by atoms with van der Waals surface area (Å²) in [6, 6.07) is 8.88. The van der Waals surface area contributed by atoms with Gasteiger partial charge in [0.2, 0.25) is 5.95 Å². The summed E-state index contributed by atoms with van der Waals surface area (Å²) in [5, 5.41) is 9.21. The molecule has 6 nitrogen and oxygen atoms in total. The van der Waals surface area contributed by atoms with Gasteiger partial charge in [-0.05, 0) is 49.6 Å². The second kappa shape index (κ2) is 7.89. The Morgan fingerprint density at radius 3 is 2.57 bits per heavy atom. The monoisotopic (exact) mass is 506 g/mol. The number of pyridine rings is 1. The fourth-order valence-corrected chi connectivity index (χ4v) is 5.94. The molecule has 1 saturated carbocycles. The van der Waals surface area contributed by atoms with Crippen molar-refractivity contribution >= 4 is 17.4 Å². The maximum Gasteiger partial charge on any atom is 0.401 e. The highest BCUT2D eigenvalue weighted by atomic mass is 35.5. The van der Waals surface area contributed by atoms with Crippen LogP contribution in [0.25, 0.3) is 5.69 Å². The van der Waals surface area contributed by atoms with Crippen LogP contribution >= 0.6 is 11.6 Å². The fraction of sp³-hybridized carbons (Fsp3) is 0.458. The van der Waals surface area contributed by atoms with Crippen LogP contribution in [0.4, 0.5) is 23.4 Å². The van der Waals surface area contributed by atoms with E-state index >= 15 is 0 Å². The molecule has 0 amide bonds. The molecular weight excluding hydrogens is 484 g/mol. The topological polar surface area (TPSA) is 50.1 Å². The highest BCUT2D eigenvalue weighted by molar-refractivity contribution is 6.30. The van der Waals surface area contributed by atoms with Gasteiger partial charge < -0.3 is 4.90 Å². The number of benzene rings is 1. The third kappa shape index (κ3) is 4.06. The van der Waals surface area contributed by atoms with Crippen molar-refractivity contribution in [2.45, 2.75) is 44.9 Å². The molecule has 1 spiro atoms. The maximum atomic E-state index is 13.9. The van der Waals surface area contributed by atoms with Gasteiger partial charge in [0.25, 0.3) is 0 Å². The fourth-order valence-electron chi connectivity index (χ4n) is 5.74. The summed E-state index contributed by atoms with van der Waals surface area (Å²) in [6.07, 6.45) is -2.53. The molecule has 1 saturated heterocycles. The van der Waals surface area contributed by atoms with E-state index in [0.717, 1.165) is 43.0 Å². The van der Waals surface area contributed by atoms with Crippen LogP contribution in [0.5, 0.6) is 0 Å². The Kier molecular flexibility index (Phi) is 5.12. The average Bonchev–Trinajstić information content (AvgIpc) is 3.03. The third-order valence-electron chi connectivity index (χ3n) is 7.32. The van der Waals surface area contributed by atoms with Crippen LogP contribution in [0.1, 0.15) is 41.5 Å². The van der Waals surface area contributed by atoms with Crippen LogP contribution in [0.15, 0.2) is 30.3 Å². The van der Waals surface area contributed by atoms with Crippen molar-refractivity contribution in [2.75, 3.05) is 24.5 Å². The molecule has 0 unspecified atom stereocenters. The largest absolute Gasteiger partial charge is 0.401 e. The molecule has 1 aromatic carbocycles. The number of hydrogen-bond acceptors (Lipinski definition) is 5. The number of anilines is 1. The molecular formula is C24H23ClF4N6. The van der Waals surface area contributed by atoms with E-state index in [1.54, 1.807) is 25.1 Å². The Morgan fingerprint density at radius 1 is 1.09 bits per heavy atom. The minimum atomic E-state index is -4.32. The highest BCUT2D eigenvalue weighted by Gasteiger charge is 2.54. The number of rotatable bonds is 3. The summed E-state index contributed by atoms with van der Waals surface area (Å²) >= 11 is 6.18. The maximum absolute atomic E-state index is 13.9. The molecule has 2 fully saturated rings. The molecule has 6 rings (SSSR count). The normalized spacial score (nSPS) is 19.7. The molecule has 0 atom stereocenters. The number of hydrogen-bond donors (Lipinski definition) is 0. The summed E-state index contributed by atoms with van der Waals surface area (Å²) in [7, 11) is 0. The van der Waals surface area contributed by atoms with E-state index in [0.29, 0.717) is 22.2 Å². The number of aromatic nitrogens is 4. The SMILES string of the molecule is Cc1ccc(N2CC3(CC(c4nnc5n4-c4ccc(Cl)cc4CN(CC(F)(F)F)C5)C3)C2)nc1F. The lowest BCUT2D eigenvalue weighted by molar-refractivity contribution is -0.148. The van der Waals surface area contributed by atoms with Crippen molar-refractivity contribution in [1.82, 2.24) is 24.6 Å². The zero-order chi connectivity index (χ0) is 24.5. The van der Waals surface area contributed by atoms with Crippen molar-refractivity contribution < 1.29 is 17.6 Å². The van der Waals surface area contributed by atoms with E-state index in [2.05, 4.69) is 20.1 Å². The summed E-state index contributed by atoms with van der Waals surface area (Å²) < 4.78 is 55.4. The highest BCUT2D eigenvalue weighted by Crippen LogP contribution is 2.56. The van der Waals surface area contributed by atoms with E-state index < -0.39 is 18.7 Å². The minimum absolute atomic E-state index is 0.0507. The summed E-state index contributed by atoms with van der Waals surface area (Å²) in [5.74, 6) is 1.63. The van der Waals surface area contributed by atoms with Gasteiger partial charge in [-0.25, -0.2) is 4.98 Å². The van der Waals surface area contributed by atoms with Gasteiger partial charge in [0.05, 0.1) is 18.8 Å². The molecule has 11 heteroatoms. The minimum Gasteiger partial charge on any atom is -0.355 e. The van der Waals surface area contributed by atoms with E-state index in [1.165, 1.54) is 4.90 Å². The quantitative estimate of drug-likeness (QED) is 0.368. The number of fused-ring (bicyclic) bond motifs is 3. The first-order valence-electron chi connectivity index (χ1n) is 11.5. The molecule has 0 bridgehead atoms. The lowest BCUT2D eigenvalue weighted by Gasteiger charge is -2.59. The number of halogens is 5. The van der Waals surface area contributed by atoms with Crippen molar-refractivity contribution in [3.63, 3.8) is 0 Å². The van der Waals surface area contributed by atoms with Gasteiger partial charge in [-0.1, -0.05) is 17.7 Å². The zero-order valence-corrected chi connectivity index (χ0v) is 19.7. The standard InChI is InChI=1S/C24H23ClF4N6/c1-14-2-5-19(30-21(14)26)34-11-23(12-34)7-16(8-23)22-32-31-20-10-33(13-24(27,28)29)9-15-6-17(25)3-4-18(15)35(20)22/h2-6,16H,7-13H2,1H3. The van der Waals surface area contributed by atoms with Crippen molar-refractivity contribution in [2.24, 2.45) is 5.41 Å². The Balaban J connectivity index is 1.23. The Hall–Kier alpha value is -2.72. The molecule has 35 heavy (non-hydrogen) atoms. The van der Waals surface area contributed by atoms with Gasteiger partial charge in [-0.3, -0.25) is 9.47 Å². The molecule has 2 aliphatic heterocycles. The summed E-state index contributed by atoms with van der Waals surface area (Å²) in [5.41, 5.74) is 2.15. The Morgan fingerprint density at radius 2 is 1.86 bits per heavy atom. The first-order chi connectivity index (χ1) is 16.6. The van der Waals surface area contributed by atoms with Crippen LogP contribution in [0.2, 0.25) is 5.02 Å². The Bertz CT molecular complexity index is 1290. The van der Waals surface area contributed by atoms with Crippen LogP contribution < -0.4 is 4.90 Å². The summed E-state index contributed by atoms with van der Waals surface area (Å²) in [4.78, 5) is 7.46. The van der Waals surface area contributed by atoms with Crippen molar-refractivity contribution in [3.8, 4) is 5.69 Å². The molecule has 0 radical (unpaired) electrons. The lowest BCUT2D eigenvalue weighted by atomic mass is 9.57. The van der Waals surface area contributed by atoms with Crippen LogP contribution in [-0.4, -0.2) is 50.5 Å². The second-order valence-electron chi connectivity index (χ2n) is 10.1. The van der Waals surface area contributed by atoms with Gasteiger partial charge in [0, 0.05) is 41.6 Å². The van der Waals surface area contributed by atoms with Crippen molar-refractivity contribution in [1.29, 1.82) is 0 Å². The molecule has 184 valence electrons. The van der Waals surface area contributed by atoms with Crippen molar-refractivity contribution in [3.05, 3.63) is 64.1 Å². The predicted octanol–water partition coefficient (Wildman–Crippen LogP) is 5.03.